The Balaban J connectivity index is 1.72. The van der Waals surface area contributed by atoms with Gasteiger partial charge in [-0.15, -0.1) is 0 Å². The van der Waals surface area contributed by atoms with E-state index in [0.717, 1.165) is 0 Å². The quantitative estimate of drug-likeness (QED) is 0.620. The summed E-state index contributed by atoms with van der Waals surface area (Å²) in [5.41, 5.74) is -0.266. The molecule has 2 aromatic heterocycles. The van der Waals surface area contributed by atoms with Gasteiger partial charge in [0, 0.05) is 0 Å². The average Bonchev–Trinajstić information content (AvgIpc) is 3.30. The molecule has 0 saturated heterocycles. The lowest BCUT2D eigenvalue weighted by molar-refractivity contribution is -0.125. The highest BCUT2D eigenvalue weighted by Crippen LogP contribution is 2.33. The molecule has 0 spiro atoms. The number of rotatable bonds is 6. The molecule has 1 amide bonds. The van der Waals surface area contributed by atoms with Gasteiger partial charge in [-0.05, 0) is 38.1 Å². The number of amides is 1. The summed E-state index contributed by atoms with van der Waals surface area (Å²) in [6.45, 7) is 2.65. The van der Waals surface area contributed by atoms with E-state index >= 15 is 0 Å². The van der Waals surface area contributed by atoms with E-state index in [9.17, 15) is 14.0 Å². The molecule has 0 aliphatic heterocycles. The summed E-state index contributed by atoms with van der Waals surface area (Å²) in [4.78, 5) is 24.5. The number of hydrogen-bond donors (Lipinski definition) is 1. The molecule has 0 saturated carbocycles. The molecule has 0 bridgehead atoms. The Hall–Kier alpha value is -3.13. The molecule has 3 aromatic rings. The molecule has 28 heavy (non-hydrogen) atoms. The van der Waals surface area contributed by atoms with Crippen LogP contribution in [0.25, 0.3) is 11.3 Å². The third-order valence-electron chi connectivity index (χ3n) is 3.95. The summed E-state index contributed by atoms with van der Waals surface area (Å²) >= 11 is 6.04. The summed E-state index contributed by atoms with van der Waals surface area (Å²) in [6.07, 6.45) is 1.49. The molecule has 0 aliphatic rings. The fourth-order valence-corrected chi connectivity index (χ4v) is 2.85. The van der Waals surface area contributed by atoms with E-state index < -0.39 is 30.3 Å². The number of nitrogens with one attached hydrogen (secondary N) is 1. The Morgan fingerprint density at radius 2 is 2.11 bits per heavy atom. The van der Waals surface area contributed by atoms with Crippen molar-refractivity contribution >= 4 is 23.5 Å². The van der Waals surface area contributed by atoms with Gasteiger partial charge < -0.3 is 19.0 Å². The summed E-state index contributed by atoms with van der Waals surface area (Å²) in [5, 5.41) is 6.42. The number of nitrogens with zero attached hydrogens (tertiary/aromatic N) is 1. The molecule has 146 valence electrons. The van der Waals surface area contributed by atoms with E-state index in [1.54, 1.807) is 19.1 Å². The Labute approximate surface area is 164 Å². The Morgan fingerprint density at radius 1 is 1.32 bits per heavy atom. The molecule has 9 heteroatoms. The summed E-state index contributed by atoms with van der Waals surface area (Å²) in [6, 6.07) is 7.08. The zero-order valence-corrected chi connectivity index (χ0v) is 15.7. The lowest BCUT2D eigenvalue weighted by atomic mass is 10.1. The number of carbonyl (C=O) groups is 2. The van der Waals surface area contributed by atoms with E-state index in [4.69, 9.17) is 25.3 Å². The minimum atomic E-state index is -0.881. The fourth-order valence-electron chi connectivity index (χ4n) is 2.60. The van der Waals surface area contributed by atoms with Crippen LogP contribution in [-0.2, 0) is 9.53 Å². The minimum absolute atomic E-state index is 0.0624. The Bertz CT molecular complexity index is 980. The number of furan rings is 1. The second-order valence-corrected chi connectivity index (χ2v) is 6.35. The number of halogens is 2. The van der Waals surface area contributed by atoms with Crippen molar-refractivity contribution < 1.29 is 27.7 Å². The maximum atomic E-state index is 14.2. The molecule has 3 rings (SSSR count). The van der Waals surface area contributed by atoms with Crippen LogP contribution in [0.3, 0.4) is 0 Å². The van der Waals surface area contributed by atoms with Gasteiger partial charge in [-0.2, -0.15) is 0 Å². The number of aromatic nitrogens is 1. The number of ether oxygens (including phenoxy) is 1. The number of hydrogen-bond acceptors (Lipinski definition) is 6. The zero-order chi connectivity index (χ0) is 20.3. The first-order chi connectivity index (χ1) is 13.4. The fraction of sp³-hybridized carbons (Fsp3) is 0.211. The summed E-state index contributed by atoms with van der Waals surface area (Å²) < 4.78 is 29.4. The third kappa shape index (κ3) is 4.07. The van der Waals surface area contributed by atoms with Crippen LogP contribution >= 0.6 is 11.6 Å². The van der Waals surface area contributed by atoms with Gasteiger partial charge >= 0.3 is 5.97 Å². The number of esters is 1. The van der Waals surface area contributed by atoms with Gasteiger partial charge in [0.1, 0.15) is 28.6 Å². The summed E-state index contributed by atoms with van der Waals surface area (Å²) in [7, 11) is 0. The van der Waals surface area contributed by atoms with E-state index in [1.807, 2.05) is 0 Å². The molecule has 1 N–H and O–H groups in total. The molecule has 1 aromatic carbocycles. The van der Waals surface area contributed by atoms with Gasteiger partial charge in [-0.3, -0.25) is 4.79 Å². The molecule has 7 nitrogen and oxygen atoms in total. The lowest BCUT2D eigenvalue weighted by Gasteiger charge is -2.11. The van der Waals surface area contributed by atoms with E-state index in [0.29, 0.717) is 5.76 Å². The highest BCUT2D eigenvalue weighted by molar-refractivity contribution is 6.33. The van der Waals surface area contributed by atoms with Crippen molar-refractivity contribution in [1.29, 1.82) is 0 Å². The van der Waals surface area contributed by atoms with Crippen LogP contribution in [0.15, 0.2) is 45.5 Å². The van der Waals surface area contributed by atoms with Crippen LogP contribution in [0.1, 0.15) is 34.8 Å². The Morgan fingerprint density at radius 3 is 2.79 bits per heavy atom. The van der Waals surface area contributed by atoms with Crippen LogP contribution in [0, 0.1) is 12.7 Å². The molecule has 0 radical (unpaired) electrons. The number of benzene rings is 1. The van der Waals surface area contributed by atoms with E-state index in [1.165, 1.54) is 31.4 Å². The molecule has 0 fully saturated rings. The van der Waals surface area contributed by atoms with Crippen molar-refractivity contribution in [1.82, 2.24) is 10.5 Å². The largest absolute Gasteiger partial charge is 0.467 e. The van der Waals surface area contributed by atoms with Gasteiger partial charge in [0.15, 0.2) is 6.61 Å². The second kappa shape index (κ2) is 8.26. The van der Waals surface area contributed by atoms with Gasteiger partial charge in [0.25, 0.3) is 5.91 Å². The van der Waals surface area contributed by atoms with Crippen molar-refractivity contribution in [2.45, 2.75) is 19.9 Å². The first-order valence-corrected chi connectivity index (χ1v) is 8.66. The predicted octanol–water partition coefficient (Wildman–Crippen LogP) is 4.07. The van der Waals surface area contributed by atoms with Crippen LogP contribution in [0.5, 0.6) is 0 Å². The van der Waals surface area contributed by atoms with Gasteiger partial charge in [0.2, 0.25) is 0 Å². The van der Waals surface area contributed by atoms with Crippen molar-refractivity contribution in [3.63, 3.8) is 0 Å². The van der Waals surface area contributed by atoms with Crippen LogP contribution in [0.4, 0.5) is 4.39 Å². The van der Waals surface area contributed by atoms with Gasteiger partial charge in [-0.1, -0.05) is 22.8 Å². The van der Waals surface area contributed by atoms with Crippen molar-refractivity contribution in [2.24, 2.45) is 0 Å². The highest BCUT2D eigenvalue weighted by atomic mass is 35.5. The van der Waals surface area contributed by atoms with Crippen molar-refractivity contribution in [2.75, 3.05) is 6.61 Å². The van der Waals surface area contributed by atoms with E-state index in [2.05, 4.69) is 10.5 Å². The second-order valence-electron chi connectivity index (χ2n) is 5.94. The summed E-state index contributed by atoms with van der Waals surface area (Å²) in [5.74, 6) is -1.40. The molecular weight excluding hydrogens is 391 g/mol. The van der Waals surface area contributed by atoms with Crippen molar-refractivity contribution in [3.8, 4) is 11.3 Å². The van der Waals surface area contributed by atoms with E-state index in [-0.39, 0.29) is 27.6 Å². The zero-order valence-electron chi connectivity index (χ0n) is 15.0. The first kappa shape index (κ1) is 19.6. The highest BCUT2D eigenvalue weighted by Gasteiger charge is 2.27. The molecule has 1 atom stereocenters. The van der Waals surface area contributed by atoms with Gasteiger partial charge in [0.05, 0.1) is 22.9 Å². The predicted molar refractivity (Wildman–Crippen MR) is 97.2 cm³/mol. The monoisotopic (exact) mass is 406 g/mol. The maximum Gasteiger partial charge on any atom is 0.344 e. The van der Waals surface area contributed by atoms with Crippen molar-refractivity contribution in [3.05, 3.63) is 64.5 Å². The average molecular weight is 407 g/mol. The van der Waals surface area contributed by atoms with Crippen LogP contribution in [0.2, 0.25) is 5.02 Å². The van der Waals surface area contributed by atoms with Crippen LogP contribution in [-0.4, -0.2) is 23.6 Å². The molecule has 0 unspecified atom stereocenters. The topological polar surface area (TPSA) is 94.6 Å². The molecule has 2 heterocycles. The first-order valence-electron chi connectivity index (χ1n) is 8.29. The maximum absolute atomic E-state index is 14.2. The third-order valence-corrected chi connectivity index (χ3v) is 4.26. The molecular formula is C19H16ClFN2O5. The normalized spacial score (nSPS) is 11.9. The van der Waals surface area contributed by atoms with Crippen LogP contribution < -0.4 is 5.32 Å². The Kier molecular flexibility index (Phi) is 5.79. The standard InChI is InChI=1S/C19H16ClFN2O5/c1-10(14-7-4-8-26-14)22-15(24)9-27-19(25)16-11(2)28-23-18(16)17-12(20)5-3-6-13(17)21/h3-8,10H,9H2,1-2H3,(H,22,24)/t10-/m1/s1. The number of aryl methyl sites for hydroxylation is 1. The number of carbonyl (C=O) groups excluding carboxylic acids is 2. The molecule has 0 aliphatic carbocycles. The smallest absolute Gasteiger partial charge is 0.344 e. The minimum Gasteiger partial charge on any atom is -0.467 e. The lowest BCUT2D eigenvalue weighted by Crippen LogP contribution is -2.31. The van der Waals surface area contributed by atoms with Gasteiger partial charge in [-0.25, -0.2) is 9.18 Å². The SMILES string of the molecule is Cc1onc(-c2c(F)cccc2Cl)c1C(=O)OCC(=O)N[C@H](C)c1ccco1.